The molecule has 0 amide bonds. The van der Waals surface area contributed by atoms with Crippen LogP contribution in [0.1, 0.15) is 23.5 Å². The van der Waals surface area contributed by atoms with Crippen molar-refractivity contribution in [2.45, 2.75) is 24.9 Å². The summed E-state index contributed by atoms with van der Waals surface area (Å²) in [5.74, 6) is 3.67. The van der Waals surface area contributed by atoms with Crippen molar-refractivity contribution in [2.24, 2.45) is 4.99 Å². The highest BCUT2D eigenvalue weighted by molar-refractivity contribution is 5.81. The third-order valence-corrected chi connectivity index (χ3v) is 6.40. The van der Waals surface area contributed by atoms with Crippen molar-refractivity contribution in [3.8, 4) is 17.2 Å². The lowest BCUT2D eigenvalue weighted by Crippen LogP contribution is -2.52. The van der Waals surface area contributed by atoms with E-state index in [0.717, 1.165) is 50.0 Å². The normalized spacial score (nSPS) is 21.2. The number of aliphatic imine (C=N–C) groups is 1. The van der Waals surface area contributed by atoms with E-state index < -0.39 is 0 Å². The molecule has 1 saturated heterocycles. The van der Waals surface area contributed by atoms with E-state index >= 15 is 0 Å². The summed E-state index contributed by atoms with van der Waals surface area (Å²) in [4.78, 5) is 9.37. The summed E-state index contributed by atoms with van der Waals surface area (Å²) >= 11 is 0. The molecule has 2 unspecified atom stereocenters. The highest BCUT2D eigenvalue weighted by Gasteiger charge is 2.39. The molecule has 0 spiro atoms. The van der Waals surface area contributed by atoms with E-state index in [1.807, 2.05) is 13.1 Å². The van der Waals surface area contributed by atoms with Crippen molar-refractivity contribution in [1.82, 2.24) is 15.1 Å². The molecule has 1 N–H and O–H groups in total. The van der Waals surface area contributed by atoms with Gasteiger partial charge in [0, 0.05) is 57.3 Å². The monoisotopic (exact) mass is 438 g/mol. The van der Waals surface area contributed by atoms with Crippen LogP contribution in [0, 0.1) is 0 Å². The van der Waals surface area contributed by atoms with Crippen LogP contribution in [0.3, 0.4) is 0 Å². The number of piperazine rings is 1. The largest absolute Gasteiger partial charge is 0.493 e. The van der Waals surface area contributed by atoms with Gasteiger partial charge >= 0.3 is 0 Å². The van der Waals surface area contributed by atoms with Crippen LogP contribution in [0.15, 0.2) is 47.5 Å². The summed E-state index contributed by atoms with van der Waals surface area (Å²) < 4.78 is 16.6. The molecule has 0 radical (unpaired) electrons. The standard InChI is InChI=1S/C25H34N4O3/c1-26-25(27-21-16-20(21)18-8-6-5-7-9-18)29-14-12-28(13-15-29)17-19-10-11-22(30-2)24(32-4)23(19)31-3/h5-11,20-21H,12-17H2,1-4H3,(H,26,27). The van der Waals surface area contributed by atoms with Crippen LogP contribution >= 0.6 is 0 Å². The molecule has 172 valence electrons. The summed E-state index contributed by atoms with van der Waals surface area (Å²) in [5.41, 5.74) is 2.51. The van der Waals surface area contributed by atoms with Crippen LogP contribution in [0.4, 0.5) is 0 Å². The molecule has 2 aromatic rings. The Hall–Kier alpha value is -2.93. The van der Waals surface area contributed by atoms with E-state index in [4.69, 9.17) is 14.2 Å². The van der Waals surface area contributed by atoms with Gasteiger partial charge in [0.1, 0.15) is 0 Å². The highest BCUT2D eigenvalue weighted by Crippen LogP contribution is 2.41. The molecule has 32 heavy (non-hydrogen) atoms. The number of hydrogen-bond donors (Lipinski definition) is 1. The summed E-state index contributed by atoms with van der Waals surface area (Å²) in [5, 5.41) is 3.68. The van der Waals surface area contributed by atoms with Crippen molar-refractivity contribution in [3.05, 3.63) is 53.6 Å². The van der Waals surface area contributed by atoms with Crippen LogP contribution in [-0.2, 0) is 6.54 Å². The second kappa shape index (κ2) is 10.1. The maximum absolute atomic E-state index is 5.65. The third-order valence-electron chi connectivity index (χ3n) is 6.40. The third kappa shape index (κ3) is 4.78. The Balaban J connectivity index is 1.32. The van der Waals surface area contributed by atoms with Gasteiger partial charge in [0.05, 0.1) is 21.3 Å². The zero-order chi connectivity index (χ0) is 22.5. The van der Waals surface area contributed by atoms with Gasteiger partial charge in [-0.15, -0.1) is 0 Å². The number of methoxy groups -OCH3 is 3. The van der Waals surface area contributed by atoms with E-state index in [1.165, 1.54) is 12.0 Å². The van der Waals surface area contributed by atoms with Gasteiger partial charge in [0.2, 0.25) is 5.75 Å². The fourth-order valence-corrected chi connectivity index (χ4v) is 4.53. The van der Waals surface area contributed by atoms with Crippen molar-refractivity contribution in [2.75, 3.05) is 54.6 Å². The molecule has 2 aromatic carbocycles. The lowest BCUT2D eigenvalue weighted by Gasteiger charge is -2.36. The maximum atomic E-state index is 5.65. The predicted molar refractivity (Wildman–Crippen MR) is 127 cm³/mol. The molecule has 1 aliphatic heterocycles. The van der Waals surface area contributed by atoms with Gasteiger partial charge in [-0.25, -0.2) is 0 Å². The molecule has 2 aliphatic rings. The maximum Gasteiger partial charge on any atom is 0.203 e. The van der Waals surface area contributed by atoms with Gasteiger partial charge in [-0.3, -0.25) is 9.89 Å². The van der Waals surface area contributed by atoms with E-state index in [-0.39, 0.29) is 0 Å². The first-order chi connectivity index (χ1) is 15.7. The minimum atomic E-state index is 0.477. The quantitative estimate of drug-likeness (QED) is 0.530. The average molecular weight is 439 g/mol. The summed E-state index contributed by atoms with van der Waals surface area (Å²) in [6.45, 7) is 4.62. The zero-order valence-electron chi connectivity index (χ0n) is 19.5. The van der Waals surface area contributed by atoms with Gasteiger partial charge in [0.15, 0.2) is 17.5 Å². The molecular formula is C25H34N4O3. The van der Waals surface area contributed by atoms with Crippen LogP contribution < -0.4 is 19.5 Å². The molecule has 7 heteroatoms. The summed E-state index contributed by atoms with van der Waals surface area (Å²) in [6, 6.07) is 15.2. The minimum absolute atomic E-state index is 0.477. The lowest BCUT2D eigenvalue weighted by atomic mass is 10.1. The Labute approximate surface area is 191 Å². The van der Waals surface area contributed by atoms with E-state index in [9.17, 15) is 0 Å². The van der Waals surface area contributed by atoms with E-state index in [1.54, 1.807) is 21.3 Å². The first-order valence-corrected chi connectivity index (χ1v) is 11.2. The van der Waals surface area contributed by atoms with Crippen molar-refractivity contribution in [3.63, 3.8) is 0 Å². The molecule has 0 bridgehead atoms. The number of nitrogens with zero attached hydrogens (tertiary/aromatic N) is 3. The van der Waals surface area contributed by atoms with Gasteiger partial charge in [-0.1, -0.05) is 36.4 Å². The van der Waals surface area contributed by atoms with Gasteiger partial charge in [-0.05, 0) is 18.1 Å². The fraction of sp³-hybridized carbons (Fsp3) is 0.480. The summed E-state index contributed by atoms with van der Waals surface area (Å²) in [7, 11) is 6.84. The number of guanidine groups is 1. The first kappa shape index (κ1) is 22.3. The molecule has 1 heterocycles. The topological polar surface area (TPSA) is 58.6 Å². The Morgan fingerprint density at radius 2 is 1.66 bits per heavy atom. The smallest absolute Gasteiger partial charge is 0.203 e. The zero-order valence-corrected chi connectivity index (χ0v) is 19.5. The number of nitrogens with one attached hydrogen (secondary N) is 1. The molecule has 4 rings (SSSR count). The van der Waals surface area contributed by atoms with Crippen LogP contribution in [0.5, 0.6) is 17.2 Å². The average Bonchev–Trinajstić information content (AvgIpc) is 3.62. The van der Waals surface area contributed by atoms with Crippen LogP contribution in [0.2, 0.25) is 0 Å². The summed E-state index contributed by atoms with van der Waals surface area (Å²) in [6.07, 6.45) is 1.17. The Morgan fingerprint density at radius 3 is 2.28 bits per heavy atom. The molecule has 2 fully saturated rings. The Kier molecular flexibility index (Phi) is 7.05. The molecule has 7 nitrogen and oxygen atoms in total. The van der Waals surface area contributed by atoms with Crippen LogP contribution in [0.25, 0.3) is 0 Å². The SMILES string of the molecule is CN=C(NC1CC1c1ccccc1)N1CCN(Cc2ccc(OC)c(OC)c2OC)CC1. The second-order valence-electron chi connectivity index (χ2n) is 8.31. The van der Waals surface area contributed by atoms with Gasteiger partial charge in [-0.2, -0.15) is 0 Å². The van der Waals surface area contributed by atoms with E-state index in [0.29, 0.717) is 23.5 Å². The van der Waals surface area contributed by atoms with Gasteiger partial charge in [0.25, 0.3) is 0 Å². The first-order valence-electron chi connectivity index (χ1n) is 11.2. The second-order valence-corrected chi connectivity index (χ2v) is 8.31. The molecule has 0 aromatic heterocycles. The minimum Gasteiger partial charge on any atom is -0.493 e. The van der Waals surface area contributed by atoms with Crippen molar-refractivity contribution >= 4 is 5.96 Å². The number of ether oxygens (including phenoxy) is 3. The van der Waals surface area contributed by atoms with E-state index in [2.05, 4.69) is 56.5 Å². The van der Waals surface area contributed by atoms with Crippen LogP contribution in [-0.4, -0.2) is 76.4 Å². The Bertz CT molecular complexity index is 926. The number of benzene rings is 2. The molecule has 2 atom stereocenters. The molecular weight excluding hydrogens is 404 g/mol. The predicted octanol–water partition coefficient (Wildman–Crippen LogP) is 2.96. The molecule has 1 aliphatic carbocycles. The van der Waals surface area contributed by atoms with Crippen molar-refractivity contribution in [1.29, 1.82) is 0 Å². The molecule has 1 saturated carbocycles. The fourth-order valence-electron chi connectivity index (χ4n) is 4.53. The highest BCUT2D eigenvalue weighted by atomic mass is 16.5. The lowest BCUT2D eigenvalue weighted by molar-refractivity contribution is 0.170. The number of rotatable bonds is 7. The Morgan fingerprint density at radius 1 is 0.938 bits per heavy atom. The van der Waals surface area contributed by atoms with Gasteiger partial charge < -0.3 is 24.4 Å². The van der Waals surface area contributed by atoms with Crippen molar-refractivity contribution < 1.29 is 14.2 Å². The number of hydrogen-bond acceptors (Lipinski definition) is 5.